The van der Waals surface area contributed by atoms with Gasteiger partial charge in [0, 0.05) is 46.0 Å². The number of hydrogen-bond donors (Lipinski definition) is 0. The van der Waals surface area contributed by atoms with Crippen molar-refractivity contribution < 1.29 is 14.3 Å². The minimum absolute atomic E-state index is 0.00666. The van der Waals surface area contributed by atoms with E-state index in [9.17, 15) is 4.79 Å². The second kappa shape index (κ2) is 9.20. The van der Waals surface area contributed by atoms with E-state index >= 15 is 0 Å². The molecule has 0 atom stereocenters. The predicted octanol–water partition coefficient (Wildman–Crippen LogP) is 3.87. The van der Waals surface area contributed by atoms with Crippen molar-refractivity contribution in [2.45, 2.75) is 13.5 Å². The lowest BCUT2D eigenvalue weighted by atomic mass is 10.1. The van der Waals surface area contributed by atoms with Crippen LogP contribution in [0.5, 0.6) is 11.5 Å². The first kappa shape index (κ1) is 22.4. The first-order valence-corrected chi connectivity index (χ1v) is 12.2. The molecule has 0 N–H and O–H groups in total. The number of aryl methyl sites for hydroxylation is 2. The molecular weight excluding hydrogens is 454 g/mol. The van der Waals surface area contributed by atoms with Crippen molar-refractivity contribution in [1.29, 1.82) is 0 Å². The molecule has 1 amide bonds. The van der Waals surface area contributed by atoms with Gasteiger partial charge < -0.3 is 18.9 Å². The number of benzene rings is 2. The number of fused-ring (bicyclic) bond motifs is 1. The molecule has 2 aromatic heterocycles. The third-order valence-electron chi connectivity index (χ3n) is 6.88. The molecule has 4 aromatic rings. The van der Waals surface area contributed by atoms with E-state index in [4.69, 9.17) is 14.6 Å². The maximum atomic E-state index is 13.7. The molecular formula is C28H29N5O3. The molecule has 0 unspecified atom stereocenters. The molecule has 36 heavy (non-hydrogen) atoms. The van der Waals surface area contributed by atoms with Crippen LogP contribution in [0, 0.1) is 6.92 Å². The summed E-state index contributed by atoms with van der Waals surface area (Å²) < 4.78 is 14.7. The monoisotopic (exact) mass is 483 g/mol. The molecule has 1 fully saturated rings. The fourth-order valence-corrected chi connectivity index (χ4v) is 4.91. The predicted molar refractivity (Wildman–Crippen MR) is 136 cm³/mol. The summed E-state index contributed by atoms with van der Waals surface area (Å²) in [4.78, 5) is 18.1. The van der Waals surface area contributed by atoms with Crippen LogP contribution >= 0.6 is 0 Å². The summed E-state index contributed by atoms with van der Waals surface area (Å²) in [5.41, 5.74) is 5.54. The number of amides is 1. The van der Waals surface area contributed by atoms with E-state index in [1.54, 1.807) is 4.68 Å². The Bertz CT molecular complexity index is 1410. The van der Waals surface area contributed by atoms with Crippen LogP contribution in [-0.4, -0.2) is 63.0 Å². The number of piperazine rings is 1. The van der Waals surface area contributed by atoms with Gasteiger partial charge in [-0.25, -0.2) is 4.68 Å². The van der Waals surface area contributed by atoms with Crippen molar-refractivity contribution in [2.24, 2.45) is 7.05 Å². The number of carbonyl (C=O) groups is 1. The lowest BCUT2D eigenvalue weighted by Gasteiger charge is -2.34. The Balaban J connectivity index is 1.21. The van der Waals surface area contributed by atoms with Crippen LogP contribution < -0.4 is 9.47 Å². The van der Waals surface area contributed by atoms with Crippen molar-refractivity contribution >= 4 is 5.91 Å². The first-order valence-electron chi connectivity index (χ1n) is 12.2. The highest BCUT2D eigenvalue weighted by molar-refractivity contribution is 5.94. The molecule has 2 aliphatic rings. The SMILES string of the molecule is Cc1cccc(-n2nc(-c3cccn3C)cc2C(=O)N2CCN(Cc3ccc4c(c3)OCO4)CC2)c1. The summed E-state index contributed by atoms with van der Waals surface area (Å²) in [5, 5.41) is 4.86. The Morgan fingerprint density at radius 1 is 0.944 bits per heavy atom. The Labute approximate surface area is 210 Å². The number of hydrogen-bond acceptors (Lipinski definition) is 5. The van der Waals surface area contributed by atoms with Gasteiger partial charge in [0.25, 0.3) is 5.91 Å². The first-order chi connectivity index (χ1) is 17.5. The molecule has 0 radical (unpaired) electrons. The summed E-state index contributed by atoms with van der Waals surface area (Å²) in [6, 6.07) is 20.1. The fraction of sp³-hybridized carbons (Fsp3) is 0.286. The van der Waals surface area contributed by atoms with Gasteiger partial charge in [0.05, 0.1) is 11.4 Å². The summed E-state index contributed by atoms with van der Waals surface area (Å²) in [6.45, 7) is 6.10. The smallest absolute Gasteiger partial charge is 0.272 e. The third kappa shape index (κ3) is 4.24. The average Bonchev–Trinajstić information content (AvgIpc) is 3.63. The average molecular weight is 484 g/mol. The summed E-state index contributed by atoms with van der Waals surface area (Å²) in [7, 11) is 1.99. The van der Waals surface area contributed by atoms with E-state index in [0.717, 1.165) is 53.8 Å². The molecule has 2 aromatic carbocycles. The number of carbonyl (C=O) groups excluding carboxylic acids is 1. The zero-order valence-corrected chi connectivity index (χ0v) is 20.6. The van der Waals surface area contributed by atoms with Gasteiger partial charge in [0.2, 0.25) is 6.79 Å². The Morgan fingerprint density at radius 2 is 1.78 bits per heavy atom. The van der Waals surface area contributed by atoms with Crippen molar-refractivity contribution in [2.75, 3.05) is 33.0 Å². The minimum atomic E-state index is 0.00666. The number of aromatic nitrogens is 3. The summed E-state index contributed by atoms with van der Waals surface area (Å²) in [6.07, 6.45) is 1.99. The maximum Gasteiger partial charge on any atom is 0.272 e. The van der Waals surface area contributed by atoms with Crippen LogP contribution in [0.3, 0.4) is 0 Å². The number of nitrogens with zero attached hydrogens (tertiary/aromatic N) is 5. The second-order valence-corrected chi connectivity index (χ2v) is 9.43. The van der Waals surface area contributed by atoms with E-state index in [0.29, 0.717) is 18.8 Å². The van der Waals surface area contributed by atoms with Gasteiger partial charge >= 0.3 is 0 Å². The molecule has 4 heterocycles. The normalized spacial score (nSPS) is 15.4. The van der Waals surface area contributed by atoms with Gasteiger partial charge in [-0.3, -0.25) is 9.69 Å². The van der Waals surface area contributed by atoms with Crippen LogP contribution in [0.25, 0.3) is 17.1 Å². The molecule has 0 bridgehead atoms. The maximum absolute atomic E-state index is 13.7. The van der Waals surface area contributed by atoms with Gasteiger partial charge in [-0.05, 0) is 60.5 Å². The van der Waals surface area contributed by atoms with E-state index < -0.39 is 0 Å². The van der Waals surface area contributed by atoms with Crippen LogP contribution in [0.4, 0.5) is 0 Å². The summed E-state index contributed by atoms with van der Waals surface area (Å²) in [5.74, 6) is 1.61. The molecule has 0 aliphatic carbocycles. The number of rotatable bonds is 5. The van der Waals surface area contributed by atoms with Crippen LogP contribution in [0.2, 0.25) is 0 Å². The standard InChI is InChI=1S/C28H29N5O3/c1-20-5-3-6-22(15-20)33-25(17-23(29-33)24-7-4-10-30(24)2)28(34)32-13-11-31(12-14-32)18-21-8-9-26-27(16-21)36-19-35-26/h3-10,15-17H,11-14,18-19H2,1-2H3. The molecule has 184 valence electrons. The third-order valence-corrected chi connectivity index (χ3v) is 6.88. The Morgan fingerprint density at radius 3 is 2.56 bits per heavy atom. The van der Waals surface area contributed by atoms with Gasteiger partial charge in [0.15, 0.2) is 11.5 Å². The van der Waals surface area contributed by atoms with Crippen molar-refractivity contribution in [3.8, 4) is 28.6 Å². The van der Waals surface area contributed by atoms with E-state index in [-0.39, 0.29) is 12.7 Å². The van der Waals surface area contributed by atoms with Crippen molar-refractivity contribution in [1.82, 2.24) is 24.1 Å². The zero-order chi connectivity index (χ0) is 24.6. The lowest BCUT2D eigenvalue weighted by Crippen LogP contribution is -2.48. The van der Waals surface area contributed by atoms with Gasteiger partial charge in [-0.2, -0.15) is 5.10 Å². The minimum Gasteiger partial charge on any atom is -0.454 e. The van der Waals surface area contributed by atoms with Crippen molar-refractivity contribution in [3.05, 3.63) is 83.7 Å². The highest BCUT2D eigenvalue weighted by Crippen LogP contribution is 2.33. The quantitative estimate of drug-likeness (QED) is 0.431. The zero-order valence-electron chi connectivity index (χ0n) is 20.6. The number of ether oxygens (including phenoxy) is 2. The van der Waals surface area contributed by atoms with Crippen LogP contribution in [0.15, 0.2) is 66.9 Å². The van der Waals surface area contributed by atoms with E-state index in [1.165, 1.54) is 5.56 Å². The highest BCUT2D eigenvalue weighted by atomic mass is 16.7. The van der Waals surface area contributed by atoms with Gasteiger partial charge in [-0.15, -0.1) is 0 Å². The second-order valence-electron chi connectivity index (χ2n) is 9.43. The Kier molecular flexibility index (Phi) is 5.73. The lowest BCUT2D eigenvalue weighted by molar-refractivity contribution is 0.0619. The molecule has 6 rings (SSSR count). The largest absolute Gasteiger partial charge is 0.454 e. The van der Waals surface area contributed by atoms with Gasteiger partial charge in [-0.1, -0.05) is 18.2 Å². The highest BCUT2D eigenvalue weighted by Gasteiger charge is 2.27. The Hall–Kier alpha value is -4.04. The van der Waals surface area contributed by atoms with Crippen LogP contribution in [0.1, 0.15) is 21.6 Å². The molecule has 8 heteroatoms. The molecule has 0 saturated carbocycles. The van der Waals surface area contributed by atoms with Crippen LogP contribution in [-0.2, 0) is 13.6 Å². The fourth-order valence-electron chi connectivity index (χ4n) is 4.91. The molecule has 8 nitrogen and oxygen atoms in total. The van der Waals surface area contributed by atoms with E-state index in [2.05, 4.69) is 17.0 Å². The molecule has 0 spiro atoms. The summed E-state index contributed by atoms with van der Waals surface area (Å²) >= 11 is 0. The van der Waals surface area contributed by atoms with Gasteiger partial charge in [0.1, 0.15) is 11.4 Å². The molecule has 1 saturated heterocycles. The van der Waals surface area contributed by atoms with Crippen molar-refractivity contribution in [3.63, 3.8) is 0 Å². The van der Waals surface area contributed by atoms with E-state index in [1.807, 2.05) is 78.2 Å². The molecule has 2 aliphatic heterocycles. The topological polar surface area (TPSA) is 64.8 Å².